The number of nitrogens with zero attached hydrogens (tertiary/aromatic N) is 1. The van der Waals surface area contributed by atoms with Crippen molar-refractivity contribution < 1.29 is 0 Å². The number of aromatic nitrogens is 2. The first kappa shape index (κ1) is 11.2. The molecule has 0 spiro atoms. The minimum atomic E-state index is 0.939. The zero-order chi connectivity index (χ0) is 13.5. The van der Waals surface area contributed by atoms with Gasteiger partial charge in [0.15, 0.2) is 0 Å². The van der Waals surface area contributed by atoms with Crippen molar-refractivity contribution in [3.8, 4) is 11.4 Å². The van der Waals surface area contributed by atoms with Crippen LogP contribution in [0.1, 0.15) is 5.56 Å². The highest BCUT2D eigenvalue weighted by Gasteiger charge is 2.09. The summed E-state index contributed by atoms with van der Waals surface area (Å²) in [6.07, 6.45) is 0. The van der Waals surface area contributed by atoms with Gasteiger partial charge in [0.2, 0.25) is 0 Å². The molecular weight excluding hydrogens is 244 g/mol. The van der Waals surface area contributed by atoms with Gasteiger partial charge in [-0.15, -0.1) is 0 Å². The molecule has 0 aliphatic rings. The van der Waals surface area contributed by atoms with Gasteiger partial charge in [-0.05, 0) is 23.9 Å². The summed E-state index contributed by atoms with van der Waals surface area (Å²) in [5, 5.41) is 2.42. The van der Waals surface area contributed by atoms with Crippen molar-refractivity contribution in [3.05, 3.63) is 66.2 Å². The summed E-state index contributed by atoms with van der Waals surface area (Å²) in [6.45, 7) is 2.11. The highest BCUT2D eigenvalue weighted by atomic mass is 14.9. The lowest BCUT2D eigenvalue weighted by atomic mass is 10.1. The van der Waals surface area contributed by atoms with Crippen LogP contribution >= 0.6 is 0 Å². The summed E-state index contributed by atoms with van der Waals surface area (Å²) >= 11 is 0. The predicted octanol–water partition coefficient (Wildman–Crippen LogP) is 4.69. The SMILES string of the molecule is Cc1ccccc1-c1nc2c(ccc3ccccc32)[nH]1. The van der Waals surface area contributed by atoms with Gasteiger partial charge in [-0.2, -0.15) is 0 Å². The monoisotopic (exact) mass is 258 g/mol. The van der Waals surface area contributed by atoms with Crippen molar-refractivity contribution in [1.82, 2.24) is 9.97 Å². The quantitative estimate of drug-likeness (QED) is 0.527. The summed E-state index contributed by atoms with van der Waals surface area (Å²) in [5.41, 5.74) is 4.52. The minimum Gasteiger partial charge on any atom is -0.338 e. The molecule has 2 nitrogen and oxygen atoms in total. The third-order valence-corrected chi connectivity index (χ3v) is 3.78. The molecule has 4 rings (SSSR count). The summed E-state index contributed by atoms with van der Waals surface area (Å²) in [5.74, 6) is 0.939. The molecule has 2 heteroatoms. The van der Waals surface area contributed by atoms with Crippen LogP contribution in [0.4, 0.5) is 0 Å². The highest BCUT2D eigenvalue weighted by molar-refractivity contribution is 6.04. The van der Waals surface area contributed by atoms with Crippen LogP contribution in [-0.2, 0) is 0 Å². The Morgan fingerprint density at radius 3 is 2.55 bits per heavy atom. The molecular formula is C18H14N2. The van der Waals surface area contributed by atoms with E-state index in [2.05, 4.69) is 66.5 Å². The summed E-state index contributed by atoms with van der Waals surface area (Å²) in [6, 6.07) is 20.9. The lowest BCUT2D eigenvalue weighted by Crippen LogP contribution is -1.83. The van der Waals surface area contributed by atoms with Gasteiger partial charge < -0.3 is 4.98 Å². The van der Waals surface area contributed by atoms with Crippen molar-refractivity contribution in [3.63, 3.8) is 0 Å². The molecule has 20 heavy (non-hydrogen) atoms. The van der Waals surface area contributed by atoms with Crippen LogP contribution < -0.4 is 0 Å². The molecule has 0 saturated heterocycles. The summed E-state index contributed by atoms with van der Waals surface area (Å²) in [4.78, 5) is 8.25. The molecule has 96 valence electrons. The maximum atomic E-state index is 4.82. The Morgan fingerprint density at radius 1 is 0.850 bits per heavy atom. The largest absolute Gasteiger partial charge is 0.338 e. The molecule has 1 heterocycles. The summed E-state index contributed by atoms with van der Waals surface area (Å²) < 4.78 is 0. The zero-order valence-electron chi connectivity index (χ0n) is 11.2. The molecule has 0 saturated carbocycles. The molecule has 0 aliphatic heterocycles. The van der Waals surface area contributed by atoms with Crippen LogP contribution in [0.25, 0.3) is 33.2 Å². The van der Waals surface area contributed by atoms with Crippen molar-refractivity contribution >= 4 is 21.8 Å². The number of imidazole rings is 1. The van der Waals surface area contributed by atoms with Crippen LogP contribution in [0.3, 0.4) is 0 Å². The number of benzene rings is 3. The van der Waals surface area contributed by atoms with Crippen molar-refractivity contribution in [2.45, 2.75) is 6.92 Å². The van der Waals surface area contributed by atoms with Gasteiger partial charge in [-0.1, -0.05) is 54.6 Å². The van der Waals surface area contributed by atoms with E-state index < -0.39 is 0 Å². The van der Waals surface area contributed by atoms with Crippen LogP contribution in [0.5, 0.6) is 0 Å². The molecule has 1 N–H and O–H groups in total. The van der Waals surface area contributed by atoms with E-state index in [0.29, 0.717) is 0 Å². The molecule has 3 aromatic carbocycles. The van der Waals surface area contributed by atoms with Gasteiger partial charge in [0.05, 0.1) is 11.0 Å². The molecule has 0 amide bonds. The Morgan fingerprint density at radius 2 is 1.65 bits per heavy atom. The third-order valence-electron chi connectivity index (χ3n) is 3.78. The second kappa shape index (κ2) is 4.20. The number of nitrogens with one attached hydrogen (secondary N) is 1. The van der Waals surface area contributed by atoms with E-state index in [4.69, 9.17) is 4.98 Å². The van der Waals surface area contributed by atoms with E-state index in [1.165, 1.54) is 16.3 Å². The van der Waals surface area contributed by atoms with E-state index in [1.807, 2.05) is 6.07 Å². The lowest BCUT2D eigenvalue weighted by Gasteiger charge is -2.00. The molecule has 0 atom stereocenters. The molecule has 4 aromatic rings. The topological polar surface area (TPSA) is 28.7 Å². The van der Waals surface area contributed by atoms with E-state index in [9.17, 15) is 0 Å². The first-order valence-corrected chi connectivity index (χ1v) is 6.76. The van der Waals surface area contributed by atoms with Crippen molar-refractivity contribution in [2.24, 2.45) is 0 Å². The van der Waals surface area contributed by atoms with Crippen LogP contribution in [-0.4, -0.2) is 9.97 Å². The van der Waals surface area contributed by atoms with Gasteiger partial charge in [-0.3, -0.25) is 0 Å². The van der Waals surface area contributed by atoms with Gasteiger partial charge in [-0.25, -0.2) is 4.98 Å². The number of H-pyrrole nitrogens is 1. The second-order valence-electron chi connectivity index (χ2n) is 5.08. The van der Waals surface area contributed by atoms with E-state index in [-0.39, 0.29) is 0 Å². The Labute approximate surface area is 117 Å². The van der Waals surface area contributed by atoms with Crippen molar-refractivity contribution in [2.75, 3.05) is 0 Å². The maximum Gasteiger partial charge on any atom is 0.138 e. The number of hydrogen-bond acceptors (Lipinski definition) is 1. The van der Waals surface area contributed by atoms with E-state index in [1.54, 1.807) is 0 Å². The zero-order valence-corrected chi connectivity index (χ0v) is 11.2. The number of aryl methyl sites for hydroxylation is 1. The molecule has 0 aliphatic carbocycles. The van der Waals surface area contributed by atoms with Crippen molar-refractivity contribution in [1.29, 1.82) is 0 Å². The predicted molar refractivity (Wildman–Crippen MR) is 83.8 cm³/mol. The smallest absolute Gasteiger partial charge is 0.138 e. The number of hydrogen-bond donors (Lipinski definition) is 1. The second-order valence-corrected chi connectivity index (χ2v) is 5.08. The highest BCUT2D eigenvalue weighted by Crippen LogP contribution is 2.28. The average molecular weight is 258 g/mol. The summed E-state index contributed by atoms with van der Waals surface area (Å²) in [7, 11) is 0. The average Bonchev–Trinajstić information content (AvgIpc) is 2.92. The normalized spacial score (nSPS) is 11.2. The van der Waals surface area contributed by atoms with Crippen LogP contribution in [0, 0.1) is 6.92 Å². The molecule has 0 bridgehead atoms. The van der Waals surface area contributed by atoms with Gasteiger partial charge in [0.1, 0.15) is 5.82 Å². The van der Waals surface area contributed by atoms with Crippen LogP contribution in [0.15, 0.2) is 60.7 Å². The van der Waals surface area contributed by atoms with Gasteiger partial charge in [0.25, 0.3) is 0 Å². The van der Waals surface area contributed by atoms with E-state index in [0.717, 1.165) is 22.4 Å². The van der Waals surface area contributed by atoms with E-state index >= 15 is 0 Å². The fourth-order valence-electron chi connectivity index (χ4n) is 2.71. The maximum absolute atomic E-state index is 4.82. The lowest BCUT2D eigenvalue weighted by molar-refractivity contribution is 1.31. The molecule has 0 fully saturated rings. The number of fused-ring (bicyclic) bond motifs is 3. The van der Waals surface area contributed by atoms with Gasteiger partial charge in [0, 0.05) is 10.9 Å². The first-order chi connectivity index (χ1) is 9.83. The third kappa shape index (κ3) is 1.62. The fourth-order valence-corrected chi connectivity index (χ4v) is 2.71. The van der Waals surface area contributed by atoms with Crippen LogP contribution in [0.2, 0.25) is 0 Å². The Bertz CT molecular complexity index is 919. The van der Waals surface area contributed by atoms with Gasteiger partial charge >= 0.3 is 0 Å². The fraction of sp³-hybridized carbons (Fsp3) is 0.0556. The standard InChI is InChI=1S/C18H14N2/c1-12-6-2-4-8-14(12)18-19-16-11-10-13-7-3-5-9-15(13)17(16)20-18/h2-11H,1H3,(H,19,20). The Kier molecular flexibility index (Phi) is 2.36. The minimum absolute atomic E-state index is 0.939. The molecule has 1 aromatic heterocycles. The molecule has 0 unspecified atom stereocenters. The first-order valence-electron chi connectivity index (χ1n) is 6.76. The Hall–Kier alpha value is -2.61. The number of rotatable bonds is 1. The Balaban J connectivity index is 2.04. The molecule has 0 radical (unpaired) electrons. The number of aromatic amines is 1.